The van der Waals surface area contributed by atoms with Gasteiger partial charge >= 0.3 is 0 Å². The van der Waals surface area contributed by atoms with E-state index in [-0.39, 0.29) is 6.10 Å². The van der Waals surface area contributed by atoms with Crippen LogP contribution in [0.15, 0.2) is 11.6 Å². The molecule has 4 aliphatic rings. The van der Waals surface area contributed by atoms with E-state index in [4.69, 9.17) is 0 Å². The molecular weight excluding hydrogens is 416 g/mol. The molecule has 0 aromatic heterocycles. The zero-order valence-electron chi connectivity index (χ0n) is 23.2. The van der Waals surface area contributed by atoms with Gasteiger partial charge in [-0.15, -0.1) is 0 Å². The van der Waals surface area contributed by atoms with E-state index >= 15 is 0 Å². The van der Waals surface area contributed by atoms with Crippen molar-refractivity contribution in [3.63, 3.8) is 0 Å². The first-order chi connectivity index (χ1) is 16.0. The molecule has 4 aliphatic carbocycles. The molecule has 2 heteroatoms. The predicted octanol–water partition coefficient (Wildman–Crippen LogP) is 8.37. The lowest BCUT2D eigenvalue weighted by molar-refractivity contribution is -0.120. The lowest BCUT2D eigenvalue weighted by atomic mass is 9.47. The highest BCUT2D eigenvalue weighted by atomic mass is 16.3. The Bertz CT molecular complexity index is 752. The molecule has 1 N–H and O–H groups in total. The van der Waals surface area contributed by atoms with Gasteiger partial charge in [0.1, 0.15) is 5.78 Å². The van der Waals surface area contributed by atoms with Gasteiger partial charge in [-0.1, -0.05) is 72.5 Å². The molecule has 0 aromatic rings. The van der Waals surface area contributed by atoms with Gasteiger partial charge in [0.2, 0.25) is 0 Å². The monoisotopic (exact) mass is 470 g/mol. The second-order valence-corrected chi connectivity index (χ2v) is 14.2. The van der Waals surface area contributed by atoms with Gasteiger partial charge in [-0.05, 0) is 104 Å². The highest BCUT2D eigenvalue weighted by Gasteiger charge is 2.59. The highest BCUT2D eigenvalue weighted by Crippen LogP contribution is 2.67. The van der Waals surface area contributed by atoms with Gasteiger partial charge in [-0.25, -0.2) is 0 Å². The molecule has 4 rings (SSSR count). The Hall–Kier alpha value is -0.630. The minimum Gasteiger partial charge on any atom is -0.393 e. The zero-order valence-corrected chi connectivity index (χ0v) is 23.2. The van der Waals surface area contributed by atoms with E-state index in [9.17, 15) is 9.90 Å². The van der Waals surface area contributed by atoms with Crippen LogP contribution in [0.3, 0.4) is 0 Å². The van der Waals surface area contributed by atoms with Crippen LogP contribution in [0.5, 0.6) is 0 Å². The summed E-state index contributed by atoms with van der Waals surface area (Å²) >= 11 is 0. The zero-order chi connectivity index (χ0) is 24.7. The molecule has 0 amide bonds. The molecule has 3 fully saturated rings. The van der Waals surface area contributed by atoms with Crippen molar-refractivity contribution < 1.29 is 9.90 Å². The van der Waals surface area contributed by atoms with Gasteiger partial charge in [-0.2, -0.15) is 0 Å². The molecule has 2 nitrogen and oxygen atoms in total. The molecule has 0 aliphatic heterocycles. The predicted molar refractivity (Wildman–Crippen MR) is 142 cm³/mol. The molecule has 3 saturated carbocycles. The van der Waals surface area contributed by atoms with Gasteiger partial charge in [0.25, 0.3) is 0 Å². The largest absolute Gasteiger partial charge is 0.393 e. The SMILES string of the molecule is CC(C)CC(=O)CC(C)CCC[C@@H](C)[C@H]1CC[C@H]2[C@@H]3CC=C4C[C@@H](O)CC[C@]4(C)[C@H]3CC[C@]12C. The average molecular weight is 471 g/mol. The summed E-state index contributed by atoms with van der Waals surface area (Å²) in [4.78, 5) is 12.2. The van der Waals surface area contributed by atoms with Crippen molar-refractivity contribution in [1.82, 2.24) is 0 Å². The quantitative estimate of drug-likeness (QED) is 0.344. The Kier molecular flexibility index (Phi) is 8.08. The second kappa shape index (κ2) is 10.4. The van der Waals surface area contributed by atoms with E-state index in [2.05, 4.69) is 47.6 Å². The summed E-state index contributed by atoms with van der Waals surface area (Å²) in [5.74, 6) is 5.78. The van der Waals surface area contributed by atoms with Crippen molar-refractivity contribution in [2.75, 3.05) is 0 Å². The topological polar surface area (TPSA) is 37.3 Å². The van der Waals surface area contributed by atoms with Crippen LogP contribution in [0, 0.1) is 52.3 Å². The second-order valence-electron chi connectivity index (χ2n) is 14.2. The van der Waals surface area contributed by atoms with Crippen molar-refractivity contribution in [3.05, 3.63) is 11.6 Å². The van der Waals surface area contributed by atoms with Crippen molar-refractivity contribution in [2.45, 2.75) is 131 Å². The van der Waals surface area contributed by atoms with Crippen LogP contribution in [-0.2, 0) is 4.79 Å². The molecule has 34 heavy (non-hydrogen) atoms. The third-order valence-corrected chi connectivity index (χ3v) is 11.4. The maximum absolute atomic E-state index is 12.2. The van der Waals surface area contributed by atoms with Crippen LogP contribution in [0.25, 0.3) is 0 Å². The number of aliphatic hydroxyl groups excluding tert-OH is 1. The summed E-state index contributed by atoms with van der Waals surface area (Å²) in [5.41, 5.74) is 2.48. The number of aliphatic hydroxyl groups is 1. The minimum absolute atomic E-state index is 0.0995. The average Bonchev–Trinajstić information content (AvgIpc) is 3.10. The first-order valence-electron chi connectivity index (χ1n) is 14.9. The van der Waals surface area contributed by atoms with E-state index in [0.717, 1.165) is 55.3 Å². The molecule has 0 heterocycles. The summed E-state index contributed by atoms with van der Waals surface area (Å²) < 4.78 is 0. The molecule has 1 unspecified atom stereocenters. The van der Waals surface area contributed by atoms with Crippen molar-refractivity contribution in [3.8, 4) is 0 Å². The number of hydrogen-bond donors (Lipinski definition) is 1. The number of hydrogen-bond acceptors (Lipinski definition) is 2. The van der Waals surface area contributed by atoms with Crippen LogP contribution in [-0.4, -0.2) is 17.0 Å². The Labute approximate surface area is 210 Å². The standard InChI is InChI=1S/C32H54O2/c1-21(2)18-26(34)19-22(3)8-7-9-23(4)28-12-13-29-27-11-10-24-20-25(33)14-16-31(24,5)30(27)15-17-32(28,29)6/h10,21-23,25,27-30,33H,7-9,11-20H2,1-6H3/t22?,23-,25+,27+,28-,29+,30+,31+,32-/m1/s1. The third-order valence-electron chi connectivity index (χ3n) is 11.4. The van der Waals surface area contributed by atoms with E-state index in [1.165, 1.54) is 57.8 Å². The molecule has 0 saturated heterocycles. The number of carbonyl (C=O) groups is 1. The third kappa shape index (κ3) is 5.09. The van der Waals surface area contributed by atoms with Crippen LogP contribution in [0.2, 0.25) is 0 Å². The summed E-state index contributed by atoms with van der Waals surface area (Å²) in [6.07, 6.45) is 17.9. The molecule has 0 bridgehead atoms. The van der Waals surface area contributed by atoms with Gasteiger partial charge in [0.15, 0.2) is 0 Å². The van der Waals surface area contributed by atoms with E-state index in [1.54, 1.807) is 5.57 Å². The molecule has 0 radical (unpaired) electrons. The van der Waals surface area contributed by atoms with Crippen LogP contribution >= 0.6 is 0 Å². The first kappa shape index (κ1) is 26.4. The maximum Gasteiger partial charge on any atom is 0.133 e. The minimum atomic E-state index is -0.0995. The number of fused-ring (bicyclic) bond motifs is 5. The Morgan fingerprint density at radius 3 is 2.50 bits per heavy atom. The summed E-state index contributed by atoms with van der Waals surface area (Å²) in [5, 5.41) is 10.3. The fourth-order valence-corrected chi connectivity index (χ4v) is 9.64. The number of rotatable bonds is 9. The molecular formula is C32H54O2. The maximum atomic E-state index is 12.2. The van der Waals surface area contributed by atoms with E-state index < -0.39 is 0 Å². The Morgan fingerprint density at radius 1 is 1.00 bits per heavy atom. The summed E-state index contributed by atoms with van der Waals surface area (Å²) in [6, 6.07) is 0. The first-order valence-corrected chi connectivity index (χ1v) is 14.9. The van der Waals surface area contributed by atoms with E-state index in [1.807, 2.05) is 0 Å². The normalized spacial score (nSPS) is 41.3. The molecule has 194 valence electrons. The van der Waals surface area contributed by atoms with Crippen LogP contribution < -0.4 is 0 Å². The molecule has 9 atom stereocenters. The highest BCUT2D eigenvalue weighted by molar-refractivity contribution is 5.78. The molecule has 0 spiro atoms. The van der Waals surface area contributed by atoms with Crippen molar-refractivity contribution >= 4 is 5.78 Å². The summed E-state index contributed by atoms with van der Waals surface area (Å²) in [7, 11) is 0. The summed E-state index contributed by atoms with van der Waals surface area (Å²) in [6.45, 7) is 14.3. The number of Topliss-reactive ketones (excluding diaryl/α,β-unsaturated/α-hetero) is 1. The number of allylic oxidation sites excluding steroid dienone is 1. The smallest absolute Gasteiger partial charge is 0.133 e. The van der Waals surface area contributed by atoms with Gasteiger partial charge in [0.05, 0.1) is 6.10 Å². The molecule has 0 aromatic carbocycles. The Balaban J connectivity index is 1.33. The van der Waals surface area contributed by atoms with Crippen LogP contribution in [0.1, 0.15) is 125 Å². The van der Waals surface area contributed by atoms with E-state index in [0.29, 0.717) is 28.4 Å². The fraction of sp³-hybridized carbons (Fsp3) is 0.906. The van der Waals surface area contributed by atoms with Gasteiger partial charge in [-0.3, -0.25) is 4.79 Å². The lowest BCUT2D eigenvalue weighted by Gasteiger charge is -2.58. The van der Waals surface area contributed by atoms with Gasteiger partial charge in [0, 0.05) is 12.8 Å². The van der Waals surface area contributed by atoms with Gasteiger partial charge < -0.3 is 5.11 Å². The fourth-order valence-electron chi connectivity index (χ4n) is 9.64. The number of ketones is 1. The lowest BCUT2D eigenvalue weighted by Crippen LogP contribution is -2.50. The van der Waals surface area contributed by atoms with Crippen molar-refractivity contribution in [1.29, 1.82) is 0 Å². The van der Waals surface area contributed by atoms with Crippen LogP contribution in [0.4, 0.5) is 0 Å². The number of carbonyl (C=O) groups excluding carboxylic acids is 1. The Morgan fingerprint density at radius 2 is 1.76 bits per heavy atom. The van der Waals surface area contributed by atoms with Crippen molar-refractivity contribution in [2.24, 2.45) is 52.3 Å².